The van der Waals surface area contributed by atoms with Crippen molar-refractivity contribution in [1.29, 1.82) is 0 Å². The Morgan fingerprint density at radius 2 is 2.17 bits per heavy atom. The molecule has 0 spiro atoms. The van der Waals surface area contributed by atoms with Gasteiger partial charge in [-0.15, -0.1) is 0 Å². The van der Waals surface area contributed by atoms with E-state index in [4.69, 9.17) is 10.0 Å². The number of oxime groups is 1. The van der Waals surface area contributed by atoms with Crippen molar-refractivity contribution in [3.8, 4) is 11.1 Å². The topological polar surface area (TPSA) is 83.8 Å². The van der Waals surface area contributed by atoms with Gasteiger partial charge in [0.25, 0.3) is 5.91 Å². The van der Waals surface area contributed by atoms with Crippen LogP contribution in [0.25, 0.3) is 11.1 Å². The molecule has 2 aromatic rings. The summed E-state index contributed by atoms with van der Waals surface area (Å²) in [6, 6.07) is 8.12. The Labute approximate surface area is 148 Å². The number of aromatic nitrogens is 1. The Morgan fingerprint density at radius 3 is 2.79 bits per heavy atom. The number of amides is 1. The fourth-order valence-electron chi connectivity index (χ4n) is 2.55. The van der Waals surface area contributed by atoms with Crippen LogP contribution in [0.1, 0.15) is 18.4 Å². The van der Waals surface area contributed by atoms with Gasteiger partial charge in [0.1, 0.15) is 6.10 Å². The van der Waals surface area contributed by atoms with Gasteiger partial charge in [-0.1, -0.05) is 29.4 Å². The first-order valence-electron chi connectivity index (χ1n) is 7.41. The molecule has 0 saturated heterocycles. The van der Waals surface area contributed by atoms with E-state index >= 15 is 0 Å². The van der Waals surface area contributed by atoms with E-state index in [0.29, 0.717) is 12.8 Å². The fourth-order valence-corrected chi connectivity index (χ4v) is 3.77. The summed E-state index contributed by atoms with van der Waals surface area (Å²) in [5.74, 6) is -0.409. The van der Waals surface area contributed by atoms with Gasteiger partial charge in [0.2, 0.25) is 0 Å². The van der Waals surface area contributed by atoms with Crippen molar-refractivity contribution in [2.45, 2.75) is 24.2 Å². The highest BCUT2D eigenvalue weighted by Crippen LogP contribution is 2.26. The molecule has 1 aliphatic rings. The molecular weight excluding hydrogens is 346 g/mol. The molecular formula is C16H17N3O3S2. The molecule has 2 atom stereocenters. The molecule has 6 nitrogen and oxygen atoms in total. The zero-order chi connectivity index (χ0) is 16.9. The number of thioether (sulfide) groups is 1. The Balaban J connectivity index is 1.62. The lowest BCUT2D eigenvalue weighted by Crippen LogP contribution is -2.32. The third kappa shape index (κ3) is 3.77. The highest BCUT2D eigenvalue weighted by atomic mass is 32.2. The average Bonchev–Trinajstić information content (AvgIpc) is 3.31. The van der Waals surface area contributed by atoms with E-state index in [0.717, 1.165) is 22.4 Å². The maximum atomic E-state index is 11.6. The molecule has 126 valence electrons. The first-order chi connectivity index (χ1) is 11.7. The summed E-state index contributed by atoms with van der Waals surface area (Å²) in [4.78, 5) is 17.0. The third-order valence-electron chi connectivity index (χ3n) is 3.88. The molecule has 2 unspecified atom stereocenters. The van der Waals surface area contributed by atoms with Gasteiger partial charge >= 0.3 is 0 Å². The molecule has 3 rings (SSSR count). The Hall–Kier alpha value is -1.90. The molecule has 2 N–H and O–H groups in total. The van der Waals surface area contributed by atoms with Crippen molar-refractivity contribution < 1.29 is 14.8 Å². The standard InChI is InChI=1S/C16H17N3O3S2/c1-23-15(16(20)18-21)7-13-6-14(19-22-13)11-4-2-10(3-5-11)12-8-17-24-9-12/h2-5,8-9,13,15,21H,6-7H2,1H3,(H,18,20). The second-order valence-electron chi connectivity index (χ2n) is 5.40. The monoisotopic (exact) mass is 363 g/mol. The van der Waals surface area contributed by atoms with Crippen molar-refractivity contribution in [2.24, 2.45) is 5.16 Å². The summed E-state index contributed by atoms with van der Waals surface area (Å²) in [5.41, 5.74) is 5.80. The minimum Gasteiger partial charge on any atom is -0.392 e. The van der Waals surface area contributed by atoms with Crippen LogP contribution in [-0.4, -0.2) is 38.8 Å². The van der Waals surface area contributed by atoms with Gasteiger partial charge in [0, 0.05) is 30.0 Å². The van der Waals surface area contributed by atoms with Gasteiger partial charge in [0.05, 0.1) is 11.0 Å². The maximum absolute atomic E-state index is 11.6. The van der Waals surface area contributed by atoms with Gasteiger partial charge in [0.15, 0.2) is 0 Å². The van der Waals surface area contributed by atoms with Crippen molar-refractivity contribution in [1.82, 2.24) is 9.85 Å². The number of hydroxylamine groups is 1. The normalized spacial score (nSPS) is 17.9. The fraction of sp³-hybridized carbons (Fsp3) is 0.312. The quantitative estimate of drug-likeness (QED) is 0.609. The molecule has 1 aliphatic heterocycles. The lowest BCUT2D eigenvalue weighted by Gasteiger charge is -2.15. The van der Waals surface area contributed by atoms with E-state index < -0.39 is 5.91 Å². The van der Waals surface area contributed by atoms with Gasteiger partial charge in [-0.3, -0.25) is 10.0 Å². The van der Waals surface area contributed by atoms with Crippen LogP contribution < -0.4 is 5.48 Å². The number of rotatable bonds is 6. The summed E-state index contributed by atoms with van der Waals surface area (Å²) in [6.45, 7) is 0. The van der Waals surface area contributed by atoms with Crippen molar-refractivity contribution in [3.05, 3.63) is 41.4 Å². The van der Waals surface area contributed by atoms with Gasteiger partial charge < -0.3 is 4.84 Å². The molecule has 1 aromatic carbocycles. The number of hydrogen-bond acceptors (Lipinski definition) is 7. The lowest BCUT2D eigenvalue weighted by molar-refractivity contribution is -0.129. The number of nitrogens with zero attached hydrogens (tertiary/aromatic N) is 2. The molecule has 0 aliphatic carbocycles. The Bertz CT molecular complexity index is 717. The van der Waals surface area contributed by atoms with E-state index in [9.17, 15) is 4.79 Å². The molecule has 24 heavy (non-hydrogen) atoms. The summed E-state index contributed by atoms with van der Waals surface area (Å²) in [5, 5.41) is 14.6. The first kappa shape index (κ1) is 16.9. The van der Waals surface area contributed by atoms with Gasteiger partial charge in [-0.05, 0) is 28.9 Å². The number of carbonyl (C=O) groups excluding carboxylic acids is 1. The highest BCUT2D eigenvalue weighted by molar-refractivity contribution is 7.99. The van der Waals surface area contributed by atoms with E-state index in [1.54, 1.807) is 5.48 Å². The number of hydrogen-bond donors (Lipinski definition) is 2. The number of carbonyl (C=O) groups is 1. The van der Waals surface area contributed by atoms with E-state index in [1.807, 2.05) is 42.1 Å². The minimum atomic E-state index is -0.409. The van der Waals surface area contributed by atoms with E-state index in [2.05, 4.69) is 9.53 Å². The van der Waals surface area contributed by atoms with Crippen LogP contribution in [-0.2, 0) is 9.63 Å². The van der Waals surface area contributed by atoms with E-state index in [1.165, 1.54) is 23.3 Å². The average molecular weight is 363 g/mol. The number of benzene rings is 1. The van der Waals surface area contributed by atoms with Crippen LogP contribution in [0.3, 0.4) is 0 Å². The Kier molecular flexibility index (Phi) is 5.49. The van der Waals surface area contributed by atoms with E-state index in [-0.39, 0.29) is 11.4 Å². The molecule has 0 fully saturated rings. The molecule has 2 heterocycles. The summed E-state index contributed by atoms with van der Waals surface area (Å²) in [7, 11) is 0. The zero-order valence-corrected chi connectivity index (χ0v) is 14.6. The summed E-state index contributed by atoms with van der Waals surface area (Å²) < 4.78 is 4.11. The van der Waals surface area contributed by atoms with Crippen molar-refractivity contribution in [2.75, 3.05) is 6.26 Å². The molecule has 8 heteroatoms. The minimum absolute atomic E-state index is 0.157. The predicted octanol–water partition coefficient (Wildman–Crippen LogP) is 2.93. The van der Waals surface area contributed by atoms with Gasteiger partial charge in [-0.25, -0.2) is 9.85 Å². The third-order valence-corrected chi connectivity index (χ3v) is 5.44. The second-order valence-corrected chi connectivity index (χ2v) is 7.09. The maximum Gasteiger partial charge on any atom is 0.256 e. The van der Waals surface area contributed by atoms with Crippen LogP contribution in [0.2, 0.25) is 0 Å². The SMILES string of the molecule is CSC(CC1CC(c2ccc(-c3cnsc3)cc2)=NO1)C(=O)NO. The number of nitrogens with one attached hydrogen (secondary N) is 1. The highest BCUT2D eigenvalue weighted by Gasteiger charge is 2.28. The van der Waals surface area contributed by atoms with Crippen LogP contribution in [0.4, 0.5) is 0 Å². The van der Waals surface area contributed by atoms with Crippen LogP contribution in [0.5, 0.6) is 0 Å². The molecule has 1 aromatic heterocycles. The molecule has 0 bridgehead atoms. The summed E-state index contributed by atoms with van der Waals surface area (Å²) >= 11 is 2.81. The zero-order valence-electron chi connectivity index (χ0n) is 13.0. The largest absolute Gasteiger partial charge is 0.392 e. The molecule has 0 radical (unpaired) electrons. The smallest absolute Gasteiger partial charge is 0.256 e. The van der Waals surface area contributed by atoms with Crippen molar-refractivity contribution >= 4 is 34.9 Å². The first-order valence-corrected chi connectivity index (χ1v) is 9.53. The molecule has 1 amide bonds. The molecule has 0 saturated carbocycles. The predicted molar refractivity (Wildman–Crippen MR) is 95.4 cm³/mol. The Morgan fingerprint density at radius 1 is 1.42 bits per heavy atom. The summed E-state index contributed by atoms with van der Waals surface area (Å²) in [6.07, 6.45) is 4.67. The second kappa shape index (κ2) is 7.78. The lowest BCUT2D eigenvalue weighted by atomic mass is 10.00. The van der Waals surface area contributed by atoms with Crippen LogP contribution in [0.15, 0.2) is 41.0 Å². The van der Waals surface area contributed by atoms with Crippen LogP contribution >= 0.6 is 23.3 Å². The van der Waals surface area contributed by atoms with Crippen molar-refractivity contribution in [3.63, 3.8) is 0 Å². The van der Waals surface area contributed by atoms with Gasteiger partial charge in [-0.2, -0.15) is 11.8 Å². The van der Waals surface area contributed by atoms with Crippen LogP contribution in [0, 0.1) is 0 Å².